The van der Waals surface area contributed by atoms with Crippen LogP contribution in [0.3, 0.4) is 0 Å². The average molecular weight is 319 g/mol. The highest BCUT2D eigenvalue weighted by molar-refractivity contribution is 7.85. The van der Waals surface area contributed by atoms with Gasteiger partial charge in [-0.05, 0) is 12.8 Å². The summed E-state index contributed by atoms with van der Waals surface area (Å²) in [6.07, 6.45) is 20.3. The van der Waals surface area contributed by atoms with Crippen molar-refractivity contribution in [2.24, 2.45) is 0 Å². The van der Waals surface area contributed by atoms with Crippen molar-refractivity contribution in [3.05, 3.63) is 12.2 Å². The molecular formula is C17H34O3S. The number of rotatable bonds is 15. The SMILES string of the molecule is CCCCCCCCCCCCCC/C=C/CS(=O)(=O)O. The van der Waals surface area contributed by atoms with Crippen LogP contribution in [-0.2, 0) is 10.1 Å². The normalized spacial score (nSPS) is 12.3. The molecule has 0 amide bonds. The number of unbranched alkanes of at least 4 members (excludes halogenated alkanes) is 12. The second-order valence-electron chi connectivity index (χ2n) is 5.90. The van der Waals surface area contributed by atoms with Crippen molar-refractivity contribution < 1.29 is 13.0 Å². The first-order valence-electron chi connectivity index (χ1n) is 8.66. The molecule has 0 aromatic heterocycles. The summed E-state index contributed by atoms with van der Waals surface area (Å²) in [7, 11) is -3.83. The van der Waals surface area contributed by atoms with Crippen molar-refractivity contribution in [1.82, 2.24) is 0 Å². The lowest BCUT2D eigenvalue weighted by molar-refractivity contribution is 0.486. The van der Waals surface area contributed by atoms with Gasteiger partial charge in [-0.2, -0.15) is 8.42 Å². The molecule has 0 bridgehead atoms. The maximum Gasteiger partial charge on any atom is 0.268 e. The zero-order valence-corrected chi connectivity index (χ0v) is 14.5. The number of allylic oxidation sites excluding steroid dienone is 1. The molecule has 1 N–H and O–H groups in total. The van der Waals surface area contributed by atoms with E-state index in [4.69, 9.17) is 4.55 Å². The van der Waals surface area contributed by atoms with E-state index in [0.29, 0.717) is 0 Å². The Morgan fingerprint density at radius 1 is 0.714 bits per heavy atom. The van der Waals surface area contributed by atoms with E-state index in [0.717, 1.165) is 12.8 Å². The summed E-state index contributed by atoms with van der Waals surface area (Å²) in [6, 6.07) is 0. The Balaban J connectivity index is 3.12. The smallest absolute Gasteiger partial charge is 0.268 e. The van der Waals surface area contributed by atoms with Crippen molar-refractivity contribution in [2.45, 2.75) is 90.4 Å². The maximum atomic E-state index is 10.5. The molecule has 0 aliphatic rings. The Bertz CT molecular complexity index is 334. The molecule has 0 rings (SSSR count). The van der Waals surface area contributed by atoms with E-state index in [1.54, 1.807) is 0 Å². The van der Waals surface area contributed by atoms with Crippen LogP contribution in [0.25, 0.3) is 0 Å². The summed E-state index contributed by atoms with van der Waals surface area (Å²) >= 11 is 0. The molecular weight excluding hydrogens is 284 g/mol. The van der Waals surface area contributed by atoms with Crippen molar-refractivity contribution in [3.8, 4) is 0 Å². The molecule has 0 heterocycles. The second-order valence-corrected chi connectivity index (χ2v) is 7.39. The Labute approximate surface area is 132 Å². The second kappa shape index (κ2) is 14.6. The van der Waals surface area contributed by atoms with Crippen LogP contribution in [0.15, 0.2) is 12.2 Å². The molecule has 4 heteroatoms. The highest BCUT2D eigenvalue weighted by Crippen LogP contribution is 2.12. The minimum absolute atomic E-state index is 0.259. The molecule has 0 saturated carbocycles. The fourth-order valence-corrected chi connectivity index (χ4v) is 2.79. The molecule has 0 fully saturated rings. The van der Waals surface area contributed by atoms with Crippen molar-refractivity contribution in [2.75, 3.05) is 5.75 Å². The highest BCUT2D eigenvalue weighted by Gasteiger charge is 1.98. The first kappa shape index (κ1) is 20.6. The molecule has 0 atom stereocenters. The Kier molecular flexibility index (Phi) is 14.3. The van der Waals surface area contributed by atoms with Gasteiger partial charge in [0, 0.05) is 0 Å². The van der Waals surface area contributed by atoms with Gasteiger partial charge in [-0.25, -0.2) is 0 Å². The van der Waals surface area contributed by atoms with Gasteiger partial charge in [-0.1, -0.05) is 89.7 Å². The molecule has 0 aromatic rings. The molecule has 0 radical (unpaired) electrons. The van der Waals surface area contributed by atoms with Gasteiger partial charge < -0.3 is 0 Å². The van der Waals surface area contributed by atoms with Gasteiger partial charge in [0.2, 0.25) is 0 Å². The minimum Gasteiger partial charge on any atom is -0.285 e. The zero-order chi connectivity index (χ0) is 15.8. The standard InChI is InChI=1S/C17H34O3S/c1-2-3-4-5-6-7-8-9-10-11-12-13-14-15-16-17-21(18,19)20/h15-16H,2-14,17H2,1H3,(H,18,19,20)/b16-15+. The minimum atomic E-state index is -3.83. The molecule has 21 heavy (non-hydrogen) atoms. The third-order valence-corrected chi connectivity index (χ3v) is 4.31. The van der Waals surface area contributed by atoms with E-state index in [-0.39, 0.29) is 5.75 Å². The topological polar surface area (TPSA) is 54.4 Å². The van der Waals surface area contributed by atoms with Crippen LogP contribution in [0.2, 0.25) is 0 Å². The number of hydrogen-bond acceptors (Lipinski definition) is 2. The van der Waals surface area contributed by atoms with Crippen LogP contribution in [-0.4, -0.2) is 18.7 Å². The average Bonchev–Trinajstić information content (AvgIpc) is 2.42. The van der Waals surface area contributed by atoms with E-state index in [2.05, 4.69) is 6.92 Å². The molecule has 0 spiro atoms. The van der Waals surface area contributed by atoms with Gasteiger partial charge in [0.1, 0.15) is 0 Å². The van der Waals surface area contributed by atoms with E-state index in [9.17, 15) is 8.42 Å². The summed E-state index contributed by atoms with van der Waals surface area (Å²) in [5, 5.41) is 0. The van der Waals surface area contributed by atoms with Crippen molar-refractivity contribution >= 4 is 10.1 Å². The van der Waals surface area contributed by atoms with Crippen LogP contribution in [0.4, 0.5) is 0 Å². The van der Waals surface area contributed by atoms with Crippen LogP contribution < -0.4 is 0 Å². The van der Waals surface area contributed by atoms with Gasteiger partial charge in [-0.3, -0.25) is 4.55 Å². The van der Waals surface area contributed by atoms with Gasteiger partial charge in [0.15, 0.2) is 0 Å². The van der Waals surface area contributed by atoms with Crippen LogP contribution in [0, 0.1) is 0 Å². The van der Waals surface area contributed by atoms with E-state index >= 15 is 0 Å². The Morgan fingerprint density at radius 3 is 1.57 bits per heavy atom. The Morgan fingerprint density at radius 2 is 1.14 bits per heavy atom. The summed E-state index contributed by atoms with van der Waals surface area (Å²) in [5.41, 5.74) is 0. The molecule has 0 saturated heterocycles. The van der Waals surface area contributed by atoms with E-state index in [1.165, 1.54) is 76.7 Å². The fraction of sp³-hybridized carbons (Fsp3) is 0.882. The highest BCUT2D eigenvalue weighted by atomic mass is 32.2. The summed E-state index contributed by atoms with van der Waals surface area (Å²) in [6.45, 7) is 2.25. The predicted octanol–water partition coefficient (Wildman–Crippen LogP) is 5.52. The van der Waals surface area contributed by atoms with Gasteiger partial charge in [-0.15, -0.1) is 0 Å². The summed E-state index contributed by atoms with van der Waals surface area (Å²) < 4.78 is 29.5. The largest absolute Gasteiger partial charge is 0.285 e. The van der Waals surface area contributed by atoms with Gasteiger partial charge in [0.25, 0.3) is 10.1 Å². The van der Waals surface area contributed by atoms with Crippen LogP contribution >= 0.6 is 0 Å². The lowest BCUT2D eigenvalue weighted by Crippen LogP contribution is -1.99. The van der Waals surface area contributed by atoms with Crippen molar-refractivity contribution in [1.29, 1.82) is 0 Å². The van der Waals surface area contributed by atoms with E-state index in [1.807, 2.05) is 6.08 Å². The lowest BCUT2D eigenvalue weighted by Gasteiger charge is -2.02. The molecule has 0 aromatic carbocycles. The maximum absolute atomic E-state index is 10.5. The predicted molar refractivity (Wildman–Crippen MR) is 91.3 cm³/mol. The summed E-state index contributed by atoms with van der Waals surface area (Å²) in [4.78, 5) is 0. The fourth-order valence-electron chi connectivity index (χ4n) is 2.41. The van der Waals surface area contributed by atoms with Gasteiger partial charge in [0.05, 0.1) is 5.75 Å². The zero-order valence-electron chi connectivity index (χ0n) is 13.7. The number of hydrogen-bond donors (Lipinski definition) is 1. The van der Waals surface area contributed by atoms with Crippen LogP contribution in [0.1, 0.15) is 90.4 Å². The Hall–Kier alpha value is -0.350. The third-order valence-electron chi connectivity index (χ3n) is 3.70. The first-order chi connectivity index (χ1) is 10.1. The molecule has 0 aliphatic heterocycles. The summed E-state index contributed by atoms with van der Waals surface area (Å²) in [5.74, 6) is -0.259. The molecule has 0 unspecified atom stereocenters. The molecule has 126 valence electrons. The molecule has 0 aliphatic carbocycles. The van der Waals surface area contributed by atoms with E-state index < -0.39 is 10.1 Å². The first-order valence-corrected chi connectivity index (χ1v) is 10.3. The third kappa shape index (κ3) is 19.6. The van der Waals surface area contributed by atoms with Crippen molar-refractivity contribution in [3.63, 3.8) is 0 Å². The van der Waals surface area contributed by atoms with Crippen LogP contribution in [0.5, 0.6) is 0 Å². The van der Waals surface area contributed by atoms with Gasteiger partial charge >= 0.3 is 0 Å². The quantitative estimate of drug-likeness (QED) is 0.246. The molecule has 3 nitrogen and oxygen atoms in total. The monoisotopic (exact) mass is 318 g/mol. The lowest BCUT2D eigenvalue weighted by atomic mass is 10.0.